The predicted molar refractivity (Wildman–Crippen MR) is 187 cm³/mol. The SMILES string of the molecule is Cc1ccc(S(=O)(=O)n2ccc3c(-c4ccc5cc(-c6ccc(OCCN7CCN(C)C(=O)C7)cc6)ccc5n4)cn(C)c(=O)c32)cc1. The van der Waals surface area contributed by atoms with Crippen molar-refractivity contribution in [1.29, 1.82) is 0 Å². The van der Waals surface area contributed by atoms with Gasteiger partial charge < -0.3 is 14.2 Å². The minimum atomic E-state index is -4.00. The number of nitrogens with zero attached hydrogens (tertiary/aromatic N) is 5. The summed E-state index contributed by atoms with van der Waals surface area (Å²) in [6, 6.07) is 26.1. The maximum Gasteiger partial charge on any atom is 0.275 e. The van der Waals surface area contributed by atoms with Gasteiger partial charge in [0.05, 0.1) is 22.7 Å². The molecule has 10 nitrogen and oxygen atoms in total. The van der Waals surface area contributed by atoms with Gasteiger partial charge in [0.2, 0.25) is 5.91 Å². The molecular weight excluding hydrogens is 627 g/mol. The Kier molecular flexibility index (Phi) is 8.10. The number of pyridine rings is 2. The average molecular weight is 662 g/mol. The fourth-order valence-corrected chi connectivity index (χ4v) is 7.39. The third-order valence-corrected chi connectivity index (χ3v) is 10.6. The van der Waals surface area contributed by atoms with Gasteiger partial charge in [-0.15, -0.1) is 0 Å². The molecular formula is C37H35N5O5S. The fraction of sp³-hybridized carbons (Fsp3) is 0.216. The summed E-state index contributed by atoms with van der Waals surface area (Å²) in [5.74, 6) is 0.911. The van der Waals surface area contributed by atoms with Crippen LogP contribution in [0.15, 0.2) is 107 Å². The maximum absolute atomic E-state index is 13.6. The number of likely N-dealkylation sites (N-methyl/N-ethyl adjacent to an activating group) is 1. The van der Waals surface area contributed by atoms with Crippen LogP contribution < -0.4 is 10.3 Å². The molecule has 3 aromatic carbocycles. The van der Waals surface area contributed by atoms with Crippen molar-refractivity contribution in [3.8, 4) is 28.1 Å². The van der Waals surface area contributed by atoms with Gasteiger partial charge in [-0.05, 0) is 66.6 Å². The summed E-state index contributed by atoms with van der Waals surface area (Å²) in [6.07, 6.45) is 3.13. The highest BCUT2D eigenvalue weighted by Crippen LogP contribution is 2.31. The summed E-state index contributed by atoms with van der Waals surface area (Å²) < 4.78 is 35.6. The number of amides is 1. The zero-order valence-electron chi connectivity index (χ0n) is 27.0. The number of hydrogen-bond acceptors (Lipinski definition) is 7. The molecule has 0 radical (unpaired) electrons. The lowest BCUT2D eigenvalue weighted by atomic mass is 10.0. The van der Waals surface area contributed by atoms with Crippen molar-refractivity contribution in [3.63, 3.8) is 0 Å². The van der Waals surface area contributed by atoms with Crippen LogP contribution in [0.4, 0.5) is 0 Å². The molecule has 1 saturated heterocycles. The van der Waals surface area contributed by atoms with Crippen LogP contribution in [0.2, 0.25) is 0 Å². The maximum atomic E-state index is 13.6. The number of benzene rings is 3. The van der Waals surface area contributed by atoms with E-state index in [1.807, 2.05) is 62.5 Å². The molecule has 0 unspecified atom stereocenters. The number of aryl methyl sites for hydroxylation is 2. The van der Waals surface area contributed by atoms with Gasteiger partial charge in [0.15, 0.2) is 0 Å². The molecule has 7 rings (SSSR count). The summed E-state index contributed by atoms with van der Waals surface area (Å²) in [5.41, 5.74) is 4.73. The molecule has 0 bridgehead atoms. The Morgan fingerprint density at radius 2 is 1.60 bits per heavy atom. The third kappa shape index (κ3) is 5.86. The minimum absolute atomic E-state index is 0.0784. The molecule has 1 amide bonds. The molecule has 0 atom stereocenters. The summed E-state index contributed by atoms with van der Waals surface area (Å²) in [4.78, 5) is 34.1. The second-order valence-electron chi connectivity index (χ2n) is 12.2. The zero-order valence-corrected chi connectivity index (χ0v) is 27.8. The lowest BCUT2D eigenvalue weighted by molar-refractivity contribution is -0.134. The lowest BCUT2D eigenvalue weighted by Gasteiger charge is -2.31. The Morgan fingerprint density at radius 1 is 0.854 bits per heavy atom. The molecule has 0 N–H and O–H groups in total. The van der Waals surface area contributed by atoms with E-state index >= 15 is 0 Å². The molecule has 0 aliphatic carbocycles. The molecule has 1 aliphatic rings. The predicted octanol–water partition coefficient (Wildman–Crippen LogP) is 4.92. The molecule has 48 heavy (non-hydrogen) atoms. The lowest BCUT2D eigenvalue weighted by Crippen LogP contribution is -2.49. The van der Waals surface area contributed by atoms with Gasteiger partial charge in [0.1, 0.15) is 17.9 Å². The first-order valence-electron chi connectivity index (χ1n) is 15.7. The Labute approximate surface area is 278 Å². The van der Waals surface area contributed by atoms with Crippen LogP contribution in [0, 0.1) is 6.92 Å². The van der Waals surface area contributed by atoms with Crippen molar-refractivity contribution in [3.05, 3.63) is 113 Å². The van der Waals surface area contributed by atoms with E-state index in [1.165, 1.54) is 10.8 Å². The smallest absolute Gasteiger partial charge is 0.275 e. The zero-order chi connectivity index (χ0) is 33.6. The number of rotatable bonds is 8. The van der Waals surface area contributed by atoms with E-state index in [0.29, 0.717) is 36.3 Å². The molecule has 1 aliphatic heterocycles. The van der Waals surface area contributed by atoms with E-state index in [2.05, 4.69) is 11.0 Å². The Hall–Kier alpha value is -5.26. The molecule has 1 fully saturated rings. The number of piperazine rings is 1. The van der Waals surface area contributed by atoms with Crippen molar-refractivity contribution >= 4 is 37.7 Å². The van der Waals surface area contributed by atoms with Crippen molar-refractivity contribution in [1.82, 2.24) is 23.3 Å². The van der Waals surface area contributed by atoms with Crippen LogP contribution in [0.25, 0.3) is 44.2 Å². The van der Waals surface area contributed by atoms with Crippen LogP contribution in [0.1, 0.15) is 5.56 Å². The van der Waals surface area contributed by atoms with Crippen molar-refractivity contribution in [2.45, 2.75) is 11.8 Å². The van der Waals surface area contributed by atoms with Crippen LogP contribution >= 0.6 is 0 Å². The van der Waals surface area contributed by atoms with Crippen molar-refractivity contribution in [2.24, 2.45) is 7.05 Å². The van der Waals surface area contributed by atoms with E-state index in [9.17, 15) is 18.0 Å². The molecule has 0 saturated carbocycles. The molecule has 244 valence electrons. The molecule has 3 aromatic heterocycles. The summed E-state index contributed by atoms with van der Waals surface area (Å²) in [7, 11) is -0.555. The third-order valence-electron chi connectivity index (χ3n) is 8.93. The first-order chi connectivity index (χ1) is 23.1. The van der Waals surface area contributed by atoms with E-state index in [1.54, 1.807) is 48.5 Å². The molecule has 0 spiro atoms. The number of ether oxygens (including phenoxy) is 1. The number of carbonyl (C=O) groups excluding carboxylic acids is 1. The van der Waals surface area contributed by atoms with Crippen LogP contribution in [-0.4, -0.2) is 77.5 Å². The minimum Gasteiger partial charge on any atom is -0.492 e. The first-order valence-corrected chi connectivity index (χ1v) is 17.2. The Morgan fingerprint density at radius 3 is 2.35 bits per heavy atom. The van der Waals surface area contributed by atoms with Gasteiger partial charge in [-0.25, -0.2) is 17.4 Å². The first kappa shape index (κ1) is 31.3. The fourth-order valence-electron chi connectivity index (χ4n) is 6.05. The second-order valence-corrected chi connectivity index (χ2v) is 14.0. The topological polar surface area (TPSA) is 107 Å². The second kappa shape index (κ2) is 12.4. The van der Waals surface area contributed by atoms with Gasteiger partial charge in [-0.3, -0.25) is 14.5 Å². The quantitative estimate of drug-likeness (QED) is 0.228. The van der Waals surface area contributed by atoms with E-state index in [4.69, 9.17) is 9.72 Å². The Balaban J connectivity index is 1.12. The molecule has 11 heteroatoms. The monoisotopic (exact) mass is 661 g/mol. The van der Waals surface area contributed by atoms with Crippen LogP contribution in [0.5, 0.6) is 5.75 Å². The van der Waals surface area contributed by atoms with Gasteiger partial charge in [0.25, 0.3) is 15.6 Å². The van der Waals surface area contributed by atoms with Crippen molar-refractivity contribution in [2.75, 3.05) is 39.8 Å². The van der Waals surface area contributed by atoms with E-state index in [0.717, 1.165) is 50.4 Å². The van der Waals surface area contributed by atoms with Gasteiger partial charge in [-0.1, -0.05) is 42.0 Å². The van der Waals surface area contributed by atoms with Crippen LogP contribution in [-0.2, 0) is 21.9 Å². The number of carbonyl (C=O) groups is 1. The van der Waals surface area contributed by atoms with Gasteiger partial charge >= 0.3 is 0 Å². The largest absolute Gasteiger partial charge is 0.492 e. The molecule has 6 aromatic rings. The number of fused-ring (bicyclic) bond motifs is 2. The normalized spacial score (nSPS) is 14.2. The van der Waals surface area contributed by atoms with E-state index < -0.39 is 15.6 Å². The molecule has 4 heterocycles. The van der Waals surface area contributed by atoms with Crippen LogP contribution in [0.3, 0.4) is 0 Å². The standard InChI is InChI=1S/C37H35N5O5S/c1-25-4-12-30(13-5-25)48(45,46)42-17-16-31-32(23-40(3)37(44)36(31)42)34-15-9-28-22-27(8-14-33(28)38-34)26-6-10-29(11-7-26)47-21-20-41-19-18-39(2)35(43)24-41/h4-17,22-23H,18-21,24H2,1-3H3. The average Bonchev–Trinajstić information content (AvgIpc) is 3.55. The number of aromatic nitrogens is 3. The summed E-state index contributed by atoms with van der Waals surface area (Å²) in [5, 5.41) is 1.45. The van der Waals surface area contributed by atoms with Crippen molar-refractivity contribution < 1.29 is 17.9 Å². The highest BCUT2D eigenvalue weighted by atomic mass is 32.2. The summed E-state index contributed by atoms with van der Waals surface area (Å²) >= 11 is 0. The summed E-state index contributed by atoms with van der Waals surface area (Å²) in [6.45, 7) is 5.11. The van der Waals surface area contributed by atoms with Gasteiger partial charge in [0, 0.05) is 62.5 Å². The highest BCUT2D eigenvalue weighted by Gasteiger charge is 2.24. The van der Waals surface area contributed by atoms with Gasteiger partial charge in [-0.2, -0.15) is 0 Å². The highest BCUT2D eigenvalue weighted by molar-refractivity contribution is 7.90. The number of hydrogen-bond donors (Lipinski definition) is 0. The van der Waals surface area contributed by atoms with E-state index in [-0.39, 0.29) is 16.3 Å². The Bertz CT molecular complexity index is 2350.